The molecule has 0 bridgehead atoms. The molecule has 163 valence electrons. The Morgan fingerprint density at radius 1 is 1.07 bits per heavy atom. The number of anilines is 1. The molecule has 0 saturated heterocycles. The molecule has 1 N–H and O–H groups in total. The zero-order chi connectivity index (χ0) is 22.4. The SMILES string of the molecule is CCC(C)(C)c1ccc(OCCCC(=O)Nc2c[c]c(Cl)cc2)c(C(C)(C)CC)c1. The lowest BCUT2D eigenvalue weighted by atomic mass is 9.76. The first kappa shape index (κ1) is 24.3. The molecule has 2 aromatic carbocycles. The topological polar surface area (TPSA) is 38.3 Å². The highest BCUT2D eigenvalue weighted by molar-refractivity contribution is 6.30. The van der Waals surface area contributed by atoms with Crippen LogP contribution in [0.5, 0.6) is 5.75 Å². The Balaban J connectivity index is 2.00. The van der Waals surface area contributed by atoms with Gasteiger partial charge in [0.1, 0.15) is 5.75 Å². The van der Waals surface area contributed by atoms with E-state index in [2.05, 4.69) is 71.1 Å². The van der Waals surface area contributed by atoms with E-state index in [4.69, 9.17) is 16.3 Å². The summed E-state index contributed by atoms with van der Waals surface area (Å²) in [5, 5.41) is 3.39. The highest BCUT2D eigenvalue weighted by Crippen LogP contribution is 2.38. The minimum Gasteiger partial charge on any atom is -0.493 e. The van der Waals surface area contributed by atoms with Crippen LogP contribution in [-0.2, 0) is 15.6 Å². The molecule has 0 fully saturated rings. The van der Waals surface area contributed by atoms with Gasteiger partial charge in [-0.15, -0.1) is 0 Å². The molecule has 0 aromatic heterocycles. The number of hydrogen-bond acceptors (Lipinski definition) is 2. The van der Waals surface area contributed by atoms with Gasteiger partial charge in [0.05, 0.1) is 6.61 Å². The number of halogens is 1. The van der Waals surface area contributed by atoms with Gasteiger partial charge in [-0.25, -0.2) is 0 Å². The van der Waals surface area contributed by atoms with Crippen molar-refractivity contribution in [1.82, 2.24) is 0 Å². The van der Waals surface area contributed by atoms with Gasteiger partial charge in [-0.2, -0.15) is 0 Å². The summed E-state index contributed by atoms with van der Waals surface area (Å²) in [6.07, 6.45) is 3.16. The first-order valence-corrected chi connectivity index (χ1v) is 11.2. The minimum absolute atomic E-state index is 0.0254. The Bertz CT molecular complexity index is 841. The molecule has 0 aliphatic carbocycles. The molecule has 0 aliphatic rings. The maximum absolute atomic E-state index is 12.2. The molecular formula is C26H35ClNO2. The first-order valence-electron chi connectivity index (χ1n) is 10.8. The third-order valence-corrected chi connectivity index (χ3v) is 6.36. The van der Waals surface area contributed by atoms with Crippen LogP contribution in [0.25, 0.3) is 0 Å². The van der Waals surface area contributed by atoms with Gasteiger partial charge in [0.2, 0.25) is 5.91 Å². The number of hydrogen-bond donors (Lipinski definition) is 1. The monoisotopic (exact) mass is 428 g/mol. The number of carbonyl (C=O) groups excluding carboxylic acids is 1. The van der Waals surface area contributed by atoms with Crippen molar-refractivity contribution in [2.45, 2.75) is 78.1 Å². The molecule has 2 aromatic rings. The summed E-state index contributed by atoms with van der Waals surface area (Å²) in [5.74, 6) is 0.883. The highest BCUT2D eigenvalue weighted by atomic mass is 35.5. The molecule has 0 unspecified atom stereocenters. The molecule has 0 spiro atoms. The van der Waals surface area contributed by atoms with E-state index in [1.807, 2.05) is 0 Å². The summed E-state index contributed by atoms with van der Waals surface area (Å²) in [7, 11) is 0. The lowest BCUT2D eigenvalue weighted by Gasteiger charge is -2.30. The Kier molecular flexibility index (Phi) is 8.37. The fourth-order valence-electron chi connectivity index (χ4n) is 3.12. The van der Waals surface area contributed by atoms with Crippen molar-refractivity contribution < 1.29 is 9.53 Å². The zero-order valence-corrected chi connectivity index (χ0v) is 20.0. The van der Waals surface area contributed by atoms with Crippen molar-refractivity contribution in [2.75, 3.05) is 11.9 Å². The zero-order valence-electron chi connectivity index (χ0n) is 19.2. The standard InChI is InChI=1S/C26H35ClNO2/c1-7-25(3,4)19-11-16-23(22(18-19)26(5,6)8-2)30-17-9-10-24(29)28-21-14-12-20(27)13-15-21/h11-12,14-16,18H,7-10,17H2,1-6H3,(H,28,29). The van der Waals surface area contributed by atoms with Gasteiger partial charge < -0.3 is 10.1 Å². The van der Waals surface area contributed by atoms with Crippen molar-refractivity contribution in [1.29, 1.82) is 0 Å². The van der Waals surface area contributed by atoms with Gasteiger partial charge in [-0.1, -0.05) is 65.3 Å². The fraction of sp³-hybridized carbons (Fsp3) is 0.500. The lowest BCUT2D eigenvalue weighted by Crippen LogP contribution is -2.21. The van der Waals surface area contributed by atoms with Crippen molar-refractivity contribution >= 4 is 23.2 Å². The van der Waals surface area contributed by atoms with Crippen LogP contribution >= 0.6 is 11.6 Å². The number of ether oxygens (including phenoxy) is 1. The molecule has 2 rings (SSSR count). The Hall–Kier alpha value is -2.00. The molecule has 1 amide bonds. The largest absolute Gasteiger partial charge is 0.493 e. The van der Waals surface area contributed by atoms with Gasteiger partial charge in [0.25, 0.3) is 0 Å². The van der Waals surface area contributed by atoms with Crippen molar-refractivity contribution in [3.05, 3.63) is 58.6 Å². The number of rotatable bonds is 10. The van der Waals surface area contributed by atoms with E-state index in [9.17, 15) is 4.79 Å². The van der Waals surface area contributed by atoms with Crippen molar-refractivity contribution in [3.63, 3.8) is 0 Å². The Morgan fingerprint density at radius 2 is 1.77 bits per heavy atom. The van der Waals surface area contributed by atoms with Gasteiger partial charge >= 0.3 is 0 Å². The van der Waals surface area contributed by atoms with Gasteiger partial charge in [-0.3, -0.25) is 4.79 Å². The molecule has 4 heteroatoms. The predicted octanol–water partition coefficient (Wildman–Crippen LogP) is 7.31. The van der Waals surface area contributed by atoms with E-state index in [1.165, 1.54) is 11.1 Å². The van der Waals surface area contributed by atoms with Crippen LogP contribution < -0.4 is 10.1 Å². The van der Waals surface area contributed by atoms with E-state index < -0.39 is 0 Å². The second kappa shape index (κ2) is 10.3. The molecule has 1 radical (unpaired) electrons. The van der Waals surface area contributed by atoms with Crippen LogP contribution in [-0.4, -0.2) is 12.5 Å². The van der Waals surface area contributed by atoms with E-state index in [-0.39, 0.29) is 16.7 Å². The second-order valence-corrected chi connectivity index (χ2v) is 9.52. The van der Waals surface area contributed by atoms with Gasteiger partial charge in [0.15, 0.2) is 0 Å². The third-order valence-electron chi connectivity index (χ3n) is 6.12. The molecular weight excluding hydrogens is 394 g/mol. The normalized spacial score (nSPS) is 12.0. The number of carbonyl (C=O) groups is 1. The van der Waals surface area contributed by atoms with Gasteiger partial charge in [0, 0.05) is 28.8 Å². The summed E-state index contributed by atoms with van der Waals surface area (Å²) in [4.78, 5) is 12.2. The highest BCUT2D eigenvalue weighted by Gasteiger charge is 2.26. The summed E-state index contributed by atoms with van der Waals surface area (Å²) in [6.45, 7) is 14.0. The van der Waals surface area contributed by atoms with E-state index in [0.717, 1.165) is 18.6 Å². The maximum Gasteiger partial charge on any atom is 0.224 e. The maximum atomic E-state index is 12.2. The van der Waals surface area contributed by atoms with Crippen molar-refractivity contribution in [2.24, 2.45) is 0 Å². The number of benzene rings is 2. The second-order valence-electron chi connectivity index (χ2n) is 9.11. The first-order chi connectivity index (χ1) is 14.1. The molecule has 0 aliphatic heterocycles. The lowest BCUT2D eigenvalue weighted by molar-refractivity contribution is -0.116. The Labute approximate surface area is 187 Å². The van der Waals surface area contributed by atoms with E-state index >= 15 is 0 Å². The molecule has 30 heavy (non-hydrogen) atoms. The fourth-order valence-corrected chi connectivity index (χ4v) is 3.24. The number of nitrogens with one attached hydrogen (secondary N) is 1. The molecule has 0 saturated carbocycles. The third kappa shape index (κ3) is 6.50. The van der Waals surface area contributed by atoms with Crippen LogP contribution in [0, 0.1) is 6.07 Å². The number of amides is 1. The summed E-state index contributed by atoms with van der Waals surface area (Å²) >= 11 is 5.82. The van der Waals surface area contributed by atoms with Crippen LogP contribution in [0.15, 0.2) is 36.4 Å². The Morgan fingerprint density at radius 3 is 2.37 bits per heavy atom. The molecule has 3 nitrogen and oxygen atoms in total. The molecule has 0 atom stereocenters. The van der Waals surface area contributed by atoms with Crippen molar-refractivity contribution in [3.8, 4) is 5.75 Å². The average molecular weight is 429 g/mol. The average Bonchev–Trinajstić information content (AvgIpc) is 2.72. The van der Waals surface area contributed by atoms with E-state index in [1.54, 1.807) is 18.2 Å². The smallest absolute Gasteiger partial charge is 0.224 e. The summed E-state index contributed by atoms with van der Waals surface area (Å²) < 4.78 is 6.14. The predicted molar refractivity (Wildman–Crippen MR) is 127 cm³/mol. The van der Waals surface area contributed by atoms with Crippen LogP contribution in [0.2, 0.25) is 5.02 Å². The van der Waals surface area contributed by atoms with E-state index in [0.29, 0.717) is 30.2 Å². The van der Waals surface area contributed by atoms with Crippen LogP contribution in [0.3, 0.4) is 0 Å². The summed E-state index contributed by atoms with van der Waals surface area (Å²) in [5.41, 5.74) is 3.44. The minimum atomic E-state index is -0.0384. The van der Waals surface area contributed by atoms with Gasteiger partial charge in [-0.05, 0) is 59.9 Å². The quantitative estimate of drug-likeness (QED) is 0.402. The molecule has 0 heterocycles. The summed E-state index contributed by atoms with van der Waals surface area (Å²) in [6, 6.07) is 14.6. The van der Waals surface area contributed by atoms with Crippen LogP contribution in [0.1, 0.15) is 78.4 Å². The van der Waals surface area contributed by atoms with Crippen LogP contribution in [0.4, 0.5) is 5.69 Å².